The van der Waals surface area contributed by atoms with Crippen molar-refractivity contribution >= 4 is 28.6 Å². The van der Waals surface area contributed by atoms with Gasteiger partial charge in [-0.05, 0) is 38.1 Å². The van der Waals surface area contributed by atoms with Gasteiger partial charge in [0.2, 0.25) is 0 Å². The van der Waals surface area contributed by atoms with Crippen molar-refractivity contribution in [2.45, 2.75) is 19.9 Å². The minimum atomic E-state index is -0.104. The van der Waals surface area contributed by atoms with Crippen molar-refractivity contribution in [3.05, 3.63) is 40.3 Å². The number of aryl methyl sites for hydroxylation is 1. The molecule has 5 nitrogen and oxygen atoms in total. The average molecular weight is 317 g/mol. The topological polar surface area (TPSA) is 54.5 Å². The summed E-state index contributed by atoms with van der Waals surface area (Å²) in [5.74, 6) is -0.104. The lowest BCUT2D eigenvalue weighted by atomic mass is 10.2. The van der Waals surface area contributed by atoms with E-state index < -0.39 is 0 Å². The summed E-state index contributed by atoms with van der Waals surface area (Å²) >= 11 is 1.36. The van der Waals surface area contributed by atoms with Gasteiger partial charge in [0, 0.05) is 24.0 Å². The zero-order chi connectivity index (χ0) is 15.5. The van der Waals surface area contributed by atoms with Crippen LogP contribution < -0.4 is 10.2 Å². The molecule has 0 radical (unpaired) electrons. The van der Waals surface area contributed by atoms with Gasteiger partial charge in [0.1, 0.15) is 4.88 Å². The lowest BCUT2D eigenvalue weighted by Gasteiger charge is -2.35. The van der Waals surface area contributed by atoms with Crippen molar-refractivity contribution in [2.75, 3.05) is 30.0 Å². The molecule has 2 aromatic rings. The van der Waals surface area contributed by atoms with Gasteiger partial charge in [-0.2, -0.15) is 0 Å². The molecule has 6 heteroatoms. The number of aromatic nitrogens is 1. The molecule has 1 saturated heterocycles. The van der Waals surface area contributed by atoms with Gasteiger partial charge < -0.3 is 15.0 Å². The molecule has 22 heavy (non-hydrogen) atoms. The second kappa shape index (κ2) is 6.46. The van der Waals surface area contributed by atoms with E-state index >= 15 is 0 Å². The average Bonchev–Trinajstić information content (AvgIpc) is 2.95. The van der Waals surface area contributed by atoms with Crippen LogP contribution in [0.2, 0.25) is 0 Å². The van der Waals surface area contributed by atoms with E-state index in [1.54, 1.807) is 5.51 Å². The number of nitrogens with one attached hydrogen (secondary N) is 1. The van der Waals surface area contributed by atoms with E-state index in [0.29, 0.717) is 10.9 Å². The first kappa shape index (κ1) is 15.0. The zero-order valence-corrected chi connectivity index (χ0v) is 13.5. The predicted octanol–water partition coefficient (Wildman–Crippen LogP) is 2.93. The molecule has 3 rings (SSSR count). The Labute approximate surface area is 133 Å². The Morgan fingerprint density at radius 1 is 1.41 bits per heavy atom. The summed E-state index contributed by atoms with van der Waals surface area (Å²) in [7, 11) is 0. The fraction of sp³-hybridized carbons (Fsp3) is 0.375. The molecule has 0 aliphatic carbocycles. The number of morpholine rings is 1. The van der Waals surface area contributed by atoms with E-state index in [-0.39, 0.29) is 5.91 Å². The molecule has 2 heterocycles. The molecular weight excluding hydrogens is 298 g/mol. The summed E-state index contributed by atoms with van der Waals surface area (Å²) in [6.45, 7) is 6.40. The van der Waals surface area contributed by atoms with Crippen LogP contribution in [0.5, 0.6) is 0 Å². The maximum Gasteiger partial charge on any atom is 0.267 e. The number of carbonyl (C=O) groups excluding carboxylic acids is 1. The first-order chi connectivity index (χ1) is 10.6. The van der Waals surface area contributed by atoms with Crippen LogP contribution in [0, 0.1) is 6.92 Å². The van der Waals surface area contributed by atoms with Crippen LogP contribution in [0.25, 0.3) is 0 Å². The smallest absolute Gasteiger partial charge is 0.267 e. The highest BCUT2D eigenvalue weighted by Crippen LogP contribution is 2.22. The second-order valence-electron chi connectivity index (χ2n) is 5.39. The number of hydrogen-bond acceptors (Lipinski definition) is 5. The normalized spacial score (nSPS) is 18.3. The SMILES string of the molecule is Cc1ncsc1C(=O)Nc1ccc(N2CCOC[C@@H]2C)cc1. The summed E-state index contributed by atoms with van der Waals surface area (Å²) < 4.78 is 5.46. The van der Waals surface area contributed by atoms with Crippen LogP contribution in [0.3, 0.4) is 0 Å². The number of rotatable bonds is 3. The first-order valence-electron chi connectivity index (χ1n) is 7.31. The Hall–Kier alpha value is -1.92. The zero-order valence-electron chi connectivity index (χ0n) is 12.7. The lowest BCUT2D eigenvalue weighted by Crippen LogP contribution is -2.43. The van der Waals surface area contributed by atoms with Crippen molar-refractivity contribution in [1.82, 2.24) is 4.98 Å². The van der Waals surface area contributed by atoms with Gasteiger partial charge in [-0.1, -0.05) is 0 Å². The summed E-state index contributed by atoms with van der Waals surface area (Å²) in [4.78, 5) is 19.2. The highest BCUT2D eigenvalue weighted by Gasteiger charge is 2.19. The quantitative estimate of drug-likeness (QED) is 0.945. The van der Waals surface area contributed by atoms with Crippen molar-refractivity contribution < 1.29 is 9.53 Å². The third-order valence-electron chi connectivity index (χ3n) is 3.78. The van der Waals surface area contributed by atoms with Gasteiger partial charge in [-0.3, -0.25) is 4.79 Å². The maximum atomic E-state index is 12.2. The van der Waals surface area contributed by atoms with Crippen LogP contribution in [0.1, 0.15) is 22.3 Å². The van der Waals surface area contributed by atoms with E-state index in [1.807, 2.05) is 31.2 Å². The van der Waals surface area contributed by atoms with Gasteiger partial charge in [0.15, 0.2) is 0 Å². The van der Waals surface area contributed by atoms with E-state index in [9.17, 15) is 4.79 Å². The number of anilines is 2. The van der Waals surface area contributed by atoms with Crippen LogP contribution in [-0.4, -0.2) is 36.7 Å². The van der Waals surface area contributed by atoms with Crippen molar-refractivity contribution in [1.29, 1.82) is 0 Å². The highest BCUT2D eigenvalue weighted by atomic mass is 32.1. The van der Waals surface area contributed by atoms with Crippen LogP contribution in [0.15, 0.2) is 29.8 Å². The molecule has 1 amide bonds. The number of benzene rings is 1. The van der Waals surface area contributed by atoms with Gasteiger partial charge in [-0.25, -0.2) is 4.98 Å². The Morgan fingerprint density at radius 2 is 2.18 bits per heavy atom. The molecule has 1 aliphatic rings. The van der Waals surface area contributed by atoms with Gasteiger partial charge in [0.05, 0.1) is 24.4 Å². The predicted molar refractivity (Wildman–Crippen MR) is 88.9 cm³/mol. The monoisotopic (exact) mass is 317 g/mol. The van der Waals surface area contributed by atoms with Crippen molar-refractivity contribution in [2.24, 2.45) is 0 Å². The third-order valence-corrected chi connectivity index (χ3v) is 4.70. The van der Waals surface area contributed by atoms with Crippen molar-refractivity contribution in [3.63, 3.8) is 0 Å². The van der Waals surface area contributed by atoms with Crippen LogP contribution in [0.4, 0.5) is 11.4 Å². The molecule has 0 saturated carbocycles. The summed E-state index contributed by atoms with van der Waals surface area (Å²) in [6, 6.07) is 8.32. The van der Waals surface area contributed by atoms with Crippen molar-refractivity contribution in [3.8, 4) is 0 Å². The summed E-state index contributed by atoms with van der Waals surface area (Å²) in [6.07, 6.45) is 0. The van der Waals surface area contributed by atoms with E-state index in [2.05, 4.69) is 22.1 Å². The number of ether oxygens (including phenoxy) is 1. The lowest BCUT2D eigenvalue weighted by molar-refractivity contribution is 0.0989. The largest absolute Gasteiger partial charge is 0.377 e. The second-order valence-corrected chi connectivity index (χ2v) is 6.24. The fourth-order valence-corrected chi connectivity index (χ4v) is 3.25. The third kappa shape index (κ3) is 3.13. The first-order valence-corrected chi connectivity index (χ1v) is 8.19. The summed E-state index contributed by atoms with van der Waals surface area (Å²) in [5, 5.41) is 2.91. The molecule has 1 atom stereocenters. The number of hydrogen-bond donors (Lipinski definition) is 1. The fourth-order valence-electron chi connectivity index (χ4n) is 2.55. The highest BCUT2D eigenvalue weighted by molar-refractivity contribution is 7.12. The molecular formula is C16H19N3O2S. The molecule has 1 fully saturated rings. The number of thiazole rings is 1. The van der Waals surface area contributed by atoms with Gasteiger partial charge >= 0.3 is 0 Å². The number of amides is 1. The minimum absolute atomic E-state index is 0.104. The Bertz CT molecular complexity index is 654. The van der Waals surface area contributed by atoms with Gasteiger partial charge in [-0.15, -0.1) is 11.3 Å². The number of nitrogens with zero attached hydrogens (tertiary/aromatic N) is 2. The molecule has 0 bridgehead atoms. The Morgan fingerprint density at radius 3 is 2.82 bits per heavy atom. The Kier molecular flexibility index (Phi) is 4.40. The van der Waals surface area contributed by atoms with E-state index in [0.717, 1.165) is 36.8 Å². The standard InChI is InChI=1S/C16H19N3O2S/c1-11-9-21-8-7-19(11)14-5-3-13(4-6-14)18-16(20)15-12(2)17-10-22-15/h3-6,10-11H,7-9H2,1-2H3,(H,18,20)/t11-/m0/s1. The van der Waals surface area contributed by atoms with Crippen LogP contribution >= 0.6 is 11.3 Å². The molecule has 1 N–H and O–H groups in total. The molecule has 0 spiro atoms. The number of carbonyl (C=O) groups is 1. The maximum absolute atomic E-state index is 12.2. The molecule has 116 valence electrons. The van der Waals surface area contributed by atoms with E-state index in [1.165, 1.54) is 11.3 Å². The molecule has 0 unspecified atom stereocenters. The Balaban J connectivity index is 1.69. The van der Waals surface area contributed by atoms with Crippen LogP contribution in [-0.2, 0) is 4.74 Å². The summed E-state index contributed by atoms with van der Waals surface area (Å²) in [5.41, 5.74) is 4.40. The van der Waals surface area contributed by atoms with Gasteiger partial charge in [0.25, 0.3) is 5.91 Å². The molecule has 1 aromatic heterocycles. The molecule has 1 aliphatic heterocycles. The van der Waals surface area contributed by atoms with E-state index in [4.69, 9.17) is 4.74 Å². The molecule has 1 aromatic carbocycles. The minimum Gasteiger partial charge on any atom is -0.377 e.